The Labute approximate surface area is 143 Å². The van der Waals surface area contributed by atoms with Crippen LogP contribution in [0.5, 0.6) is 0 Å². The number of rotatable bonds is 4. The van der Waals surface area contributed by atoms with Crippen molar-refractivity contribution in [3.8, 4) is 0 Å². The Morgan fingerprint density at radius 3 is 2.29 bits per heavy atom. The number of anilines is 1. The zero-order valence-electron chi connectivity index (χ0n) is 11.3. The number of aromatic carboxylic acids is 1. The number of carbonyl (C=O) groups is 1. The first-order valence-corrected chi connectivity index (χ1v) is 8.17. The van der Waals surface area contributed by atoms with Crippen molar-refractivity contribution in [3.05, 3.63) is 57.3 Å². The number of nitrogens with one attached hydrogen (secondary N) is 1. The highest BCUT2D eigenvalue weighted by atomic mass is 35.5. The monoisotopic (exact) mass is 399 g/mol. The highest BCUT2D eigenvalue weighted by Crippen LogP contribution is 2.32. The lowest BCUT2D eigenvalue weighted by atomic mass is 10.2. The van der Waals surface area contributed by atoms with Gasteiger partial charge in [0.05, 0.1) is 21.3 Å². The third kappa shape index (κ3) is 3.42. The minimum absolute atomic E-state index is 0.372. The maximum absolute atomic E-state index is 13.6. The van der Waals surface area contributed by atoms with E-state index in [1.165, 1.54) is 0 Å². The van der Waals surface area contributed by atoms with Crippen LogP contribution in [0, 0.1) is 17.5 Å². The molecular weight excluding hydrogens is 394 g/mol. The average Bonchev–Trinajstić information content (AvgIpc) is 2.50. The number of hydrogen-bond acceptors (Lipinski definition) is 3. The van der Waals surface area contributed by atoms with Crippen LogP contribution in [-0.2, 0) is 10.0 Å². The molecule has 0 aromatic heterocycles. The number of halogens is 5. The summed E-state index contributed by atoms with van der Waals surface area (Å²) in [6, 6.07) is 2.78. The average molecular weight is 400 g/mol. The normalized spacial score (nSPS) is 11.4. The van der Waals surface area contributed by atoms with Gasteiger partial charge in [0.1, 0.15) is 4.90 Å². The van der Waals surface area contributed by atoms with E-state index in [0.29, 0.717) is 18.2 Å². The standard InChI is InChI=1S/C13H6Cl2F3NO4S/c14-6-3-5(13(20)21)4-9(10(6)15)24(22,23)19-8-2-1-7(16)11(17)12(8)18/h1-4,19H,(H,20,21). The first kappa shape index (κ1) is 18.4. The number of benzene rings is 2. The summed E-state index contributed by atoms with van der Waals surface area (Å²) in [6.45, 7) is 0. The van der Waals surface area contributed by atoms with Crippen molar-refractivity contribution in [2.24, 2.45) is 0 Å². The summed E-state index contributed by atoms with van der Waals surface area (Å²) in [7, 11) is -4.63. The third-order valence-electron chi connectivity index (χ3n) is 2.81. The highest BCUT2D eigenvalue weighted by molar-refractivity contribution is 7.92. The van der Waals surface area contributed by atoms with Gasteiger partial charge in [-0.25, -0.2) is 26.4 Å². The lowest BCUT2D eigenvalue weighted by Gasteiger charge is -2.12. The maximum atomic E-state index is 13.6. The molecule has 0 spiro atoms. The summed E-state index contributed by atoms with van der Waals surface area (Å²) in [6.07, 6.45) is 0. The Morgan fingerprint density at radius 2 is 1.71 bits per heavy atom. The molecule has 11 heteroatoms. The van der Waals surface area contributed by atoms with Crippen molar-refractivity contribution in [2.45, 2.75) is 4.90 Å². The van der Waals surface area contributed by atoms with Crippen LogP contribution in [0.25, 0.3) is 0 Å². The van der Waals surface area contributed by atoms with Gasteiger partial charge in [-0.1, -0.05) is 23.2 Å². The molecule has 0 unspecified atom stereocenters. The molecule has 5 nitrogen and oxygen atoms in total. The molecular formula is C13H6Cl2F3NO4S. The zero-order chi connectivity index (χ0) is 18.2. The second-order valence-electron chi connectivity index (χ2n) is 4.40. The number of hydrogen-bond donors (Lipinski definition) is 2. The van der Waals surface area contributed by atoms with Gasteiger partial charge in [0.25, 0.3) is 10.0 Å². The Balaban J connectivity index is 2.56. The quantitative estimate of drug-likeness (QED) is 0.763. The van der Waals surface area contributed by atoms with E-state index in [0.717, 1.165) is 6.07 Å². The number of carboxylic acids is 1. The van der Waals surface area contributed by atoms with Gasteiger partial charge in [-0.3, -0.25) is 4.72 Å². The van der Waals surface area contributed by atoms with Crippen LogP contribution >= 0.6 is 23.2 Å². The van der Waals surface area contributed by atoms with Crippen molar-refractivity contribution in [2.75, 3.05) is 4.72 Å². The molecule has 2 N–H and O–H groups in total. The third-order valence-corrected chi connectivity index (χ3v) is 5.11. The fourth-order valence-corrected chi connectivity index (χ4v) is 3.56. The Morgan fingerprint density at radius 1 is 1.08 bits per heavy atom. The minimum Gasteiger partial charge on any atom is -0.478 e. The van der Waals surface area contributed by atoms with Crippen LogP contribution in [0.2, 0.25) is 10.0 Å². The molecule has 24 heavy (non-hydrogen) atoms. The summed E-state index contributed by atoms with van der Waals surface area (Å²) in [5, 5.41) is 8.03. The molecule has 0 fully saturated rings. The van der Waals surface area contributed by atoms with E-state index in [1.54, 1.807) is 4.72 Å². The van der Waals surface area contributed by atoms with E-state index in [1.807, 2.05) is 0 Å². The fraction of sp³-hybridized carbons (Fsp3) is 0. The van der Waals surface area contributed by atoms with E-state index in [2.05, 4.69) is 0 Å². The van der Waals surface area contributed by atoms with Crippen molar-refractivity contribution in [3.63, 3.8) is 0 Å². The van der Waals surface area contributed by atoms with E-state index < -0.39 is 54.6 Å². The molecule has 2 aromatic rings. The summed E-state index contributed by atoms with van der Waals surface area (Å²) >= 11 is 11.4. The van der Waals surface area contributed by atoms with E-state index in [9.17, 15) is 26.4 Å². The molecule has 2 aromatic carbocycles. The van der Waals surface area contributed by atoms with Gasteiger partial charge in [0.2, 0.25) is 0 Å². The fourth-order valence-electron chi connectivity index (χ4n) is 1.69. The van der Waals surface area contributed by atoms with Crippen LogP contribution in [0.3, 0.4) is 0 Å². The molecule has 0 amide bonds. The van der Waals surface area contributed by atoms with Gasteiger partial charge in [-0.2, -0.15) is 0 Å². The van der Waals surface area contributed by atoms with Crippen LogP contribution in [-0.4, -0.2) is 19.5 Å². The molecule has 0 heterocycles. The zero-order valence-corrected chi connectivity index (χ0v) is 13.6. The van der Waals surface area contributed by atoms with Crippen molar-refractivity contribution in [1.82, 2.24) is 0 Å². The molecule has 0 saturated heterocycles. The van der Waals surface area contributed by atoms with Crippen molar-refractivity contribution in [1.29, 1.82) is 0 Å². The SMILES string of the molecule is O=C(O)c1cc(Cl)c(Cl)c(S(=O)(=O)Nc2ccc(F)c(F)c2F)c1. The molecule has 0 atom stereocenters. The van der Waals surface area contributed by atoms with E-state index >= 15 is 0 Å². The second kappa shape index (κ2) is 6.50. The van der Waals surface area contributed by atoms with Crippen molar-refractivity contribution < 1.29 is 31.5 Å². The topological polar surface area (TPSA) is 83.5 Å². The van der Waals surface area contributed by atoms with Crippen molar-refractivity contribution >= 4 is 44.9 Å². The smallest absolute Gasteiger partial charge is 0.335 e. The summed E-state index contributed by atoms with van der Waals surface area (Å²) in [4.78, 5) is 10.2. The van der Waals surface area contributed by atoms with Crippen LogP contribution in [0.4, 0.5) is 18.9 Å². The molecule has 0 aliphatic heterocycles. The first-order valence-electron chi connectivity index (χ1n) is 5.93. The van der Waals surface area contributed by atoms with Gasteiger partial charge >= 0.3 is 5.97 Å². The Kier molecular flexibility index (Phi) is 4.97. The number of sulfonamides is 1. The van der Waals surface area contributed by atoms with E-state index in [-0.39, 0.29) is 5.02 Å². The van der Waals surface area contributed by atoms with Crippen LogP contribution in [0.1, 0.15) is 10.4 Å². The van der Waals surface area contributed by atoms with Gasteiger partial charge in [0, 0.05) is 0 Å². The molecule has 0 aliphatic rings. The predicted octanol–water partition coefficient (Wildman–Crippen LogP) is 3.91. The first-order chi connectivity index (χ1) is 11.0. The van der Waals surface area contributed by atoms with Gasteiger partial charge < -0.3 is 5.11 Å². The summed E-state index contributed by atoms with van der Waals surface area (Å²) in [5.74, 6) is -6.64. The second-order valence-corrected chi connectivity index (χ2v) is 6.84. The molecule has 0 bridgehead atoms. The highest BCUT2D eigenvalue weighted by Gasteiger charge is 2.25. The Bertz CT molecular complexity index is 951. The van der Waals surface area contributed by atoms with Gasteiger partial charge in [-0.15, -0.1) is 0 Å². The lowest BCUT2D eigenvalue weighted by molar-refractivity contribution is 0.0696. The molecule has 0 aliphatic carbocycles. The maximum Gasteiger partial charge on any atom is 0.335 e. The predicted molar refractivity (Wildman–Crippen MR) is 80.5 cm³/mol. The van der Waals surface area contributed by atoms with Crippen LogP contribution < -0.4 is 4.72 Å². The lowest BCUT2D eigenvalue weighted by Crippen LogP contribution is -2.16. The minimum atomic E-state index is -4.63. The van der Waals surface area contributed by atoms with E-state index in [4.69, 9.17) is 28.3 Å². The van der Waals surface area contributed by atoms with Gasteiger partial charge in [-0.05, 0) is 24.3 Å². The molecule has 0 saturated carbocycles. The number of carboxylic acid groups (broad SMARTS) is 1. The molecule has 2 rings (SSSR count). The Hall–Kier alpha value is -1.97. The van der Waals surface area contributed by atoms with Crippen LogP contribution in [0.15, 0.2) is 29.2 Å². The molecule has 128 valence electrons. The largest absolute Gasteiger partial charge is 0.478 e. The molecule has 0 radical (unpaired) electrons. The summed E-state index contributed by atoms with van der Waals surface area (Å²) in [5.41, 5.74) is -1.38. The van der Waals surface area contributed by atoms with Gasteiger partial charge in [0.15, 0.2) is 17.5 Å². The summed E-state index contributed by atoms with van der Waals surface area (Å²) < 4.78 is 65.8.